The number of ether oxygens (including phenoxy) is 1. The molecule has 1 atom stereocenters. The van der Waals surface area contributed by atoms with Crippen molar-refractivity contribution in [1.82, 2.24) is 4.31 Å². The van der Waals surface area contributed by atoms with E-state index in [-0.39, 0.29) is 12.3 Å². The predicted molar refractivity (Wildman–Crippen MR) is 77.3 cm³/mol. The molecular weight excluding hydrogens is 280 g/mol. The summed E-state index contributed by atoms with van der Waals surface area (Å²) in [5.41, 5.74) is 6.72. The molecule has 0 heterocycles. The Morgan fingerprint density at radius 3 is 2.55 bits per heavy atom. The summed E-state index contributed by atoms with van der Waals surface area (Å²) in [5, 5.41) is 0. The van der Waals surface area contributed by atoms with Crippen molar-refractivity contribution in [1.29, 1.82) is 0 Å². The minimum atomic E-state index is -3.53. The number of sulfonamides is 1. The summed E-state index contributed by atoms with van der Waals surface area (Å²) in [4.78, 5) is 11.3. The molecule has 0 radical (unpaired) electrons. The molecule has 1 aromatic rings. The van der Waals surface area contributed by atoms with E-state index in [0.29, 0.717) is 11.3 Å². The number of nitrogens with two attached hydrogens (primary N) is 1. The van der Waals surface area contributed by atoms with E-state index in [2.05, 4.69) is 4.74 Å². The number of hydrogen-bond donors (Lipinski definition) is 1. The Morgan fingerprint density at radius 1 is 1.40 bits per heavy atom. The number of benzene rings is 1. The van der Waals surface area contributed by atoms with Gasteiger partial charge in [0.2, 0.25) is 10.0 Å². The predicted octanol–water partition coefficient (Wildman–Crippen LogP) is 0.839. The zero-order valence-electron chi connectivity index (χ0n) is 11.9. The number of para-hydroxylation sites is 1. The first-order chi connectivity index (χ1) is 9.27. The van der Waals surface area contributed by atoms with Crippen LogP contribution in [0.2, 0.25) is 0 Å². The van der Waals surface area contributed by atoms with Crippen LogP contribution >= 0.6 is 0 Å². The normalized spacial score (nSPS) is 13.2. The number of rotatable bonds is 6. The maximum Gasteiger partial charge on any atom is 0.309 e. The highest BCUT2D eigenvalue weighted by Gasteiger charge is 2.24. The fraction of sp³-hybridized carbons (Fsp3) is 0.462. The maximum atomic E-state index is 12.2. The lowest BCUT2D eigenvalue weighted by molar-refractivity contribution is -0.144. The van der Waals surface area contributed by atoms with Crippen molar-refractivity contribution >= 4 is 21.7 Å². The molecule has 0 bridgehead atoms. The van der Waals surface area contributed by atoms with E-state index in [1.807, 2.05) is 0 Å². The average molecular weight is 300 g/mol. The molecule has 0 aliphatic carbocycles. The zero-order chi connectivity index (χ0) is 15.3. The number of nitrogens with zero attached hydrogens (tertiary/aromatic N) is 1. The largest absolute Gasteiger partial charge is 0.469 e. The number of hydrogen-bond acceptors (Lipinski definition) is 5. The quantitative estimate of drug-likeness (QED) is 0.621. The number of anilines is 1. The monoisotopic (exact) mass is 300 g/mol. The van der Waals surface area contributed by atoms with Gasteiger partial charge in [0.15, 0.2) is 0 Å². The smallest absolute Gasteiger partial charge is 0.309 e. The maximum absolute atomic E-state index is 12.2. The van der Waals surface area contributed by atoms with Crippen molar-refractivity contribution < 1.29 is 17.9 Å². The van der Waals surface area contributed by atoms with Crippen molar-refractivity contribution in [2.45, 2.75) is 12.7 Å². The molecule has 0 aromatic heterocycles. The van der Waals surface area contributed by atoms with Gasteiger partial charge in [-0.05, 0) is 11.6 Å². The van der Waals surface area contributed by atoms with Gasteiger partial charge in [-0.25, -0.2) is 12.7 Å². The van der Waals surface area contributed by atoms with Gasteiger partial charge in [0.1, 0.15) is 0 Å². The number of carbonyl (C=O) groups excluding carboxylic acids is 1. The third kappa shape index (κ3) is 4.21. The van der Waals surface area contributed by atoms with Gasteiger partial charge in [0, 0.05) is 19.3 Å². The lowest BCUT2D eigenvalue weighted by Gasteiger charge is -2.20. The molecule has 0 aliphatic rings. The zero-order valence-corrected chi connectivity index (χ0v) is 12.7. The molecule has 7 heteroatoms. The van der Waals surface area contributed by atoms with Crippen LogP contribution in [0.4, 0.5) is 5.69 Å². The Labute approximate surface area is 119 Å². The van der Waals surface area contributed by atoms with E-state index >= 15 is 0 Å². The van der Waals surface area contributed by atoms with Crippen LogP contribution in [0.1, 0.15) is 12.5 Å². The van der Waals surface area contributed by atoms with Gasteiger partial charge < -0.3 is 10.5 Å². The highest BCUT2D eigenvalue weighted by molar-refractivity contribution is 7.88. The van der Waals surface area contributed by atoms with Gasteiger partial charge in [-0.3, -0.25) is 4.79 Å². The van der Waals surface area contributed by atoms with Crippen LogP contribution in [0.3, 0.4) is 0 Å². The van der Waals surface area contributed by atoms with Crippen LogP contribution in [0.5, 0.6) is 0 Å². The molecule has 1 rings (SSSR count). The second-order valence-electron chi connectivity index (χ2n) is 4.66. The van der Waals surface area contributed by atoms with E-state index in [0.717, 1.165) is 4.31 Å². The van der Waals surface area contributed by atoms with Crippen molar-refractivity contribution in [3.63, 3.8) is 0 Å². The molecule has 0 aliphatic heterocycles. The van der Waals surface area contributed by atoms with Crippen LogP contribution in [-0.4, -0.2) is 39.4 Å². The Morgan fingerprint density at radius 2 is 2.00 bits per heavy atom. The molecule has 6 nitrogen and oxygen atoms in total. The molecule has 0 spiro atoms. The van der Waals surface area contributed by atoms with Crippen molar-refractivity contribution in [3.05, 3.63) is 29.8 Å². The first-order valence-electron chi connectivity index (χ1n) is 6.13. The Bertz CT molecular complexity index is 571. The van der Waals surface area contributed by atoms with Crippen LogP contribution in [0, 0.1) is 5.92 Å². The summed E-state index contributed by atoms with van der Waals surface area (Å²) in [6.07, 6.45) is 0. The van der Waals surface area contributed by atoms with Gasteiger partial charge in [0.05, 0.1) is 18.8 Å². The lowest BCUT2D eigenvalue weighted by Crippen LogP contribution is -2.35. The van der Waals surface area contributed by atoms with Crippen LogP contribution in [-0.2, 0) is 25.3 Å². The standard InChI is InChI=1S/C13H20N2O4S/c1-10(13(16)19-3)8-15(2)20(17,18)9-11-6-4-5-7-12(11)14/h4-7,10H,8-9,14H2,1-3H3. The molecule has 20 heavy (non-hydrogen) atoms. The fourth-order valence-electron chi connectivity index (χ4n) is 1.75. The van der Waals surface area contributed by atoms with E-state index in [4.69, 9.17) is 5.73 Å². The molecule has 1 unspecified atom stereocenters. The van der Waals surface area contributed by atoms with E-state index in [1.54, 1.807) is 31.2 Å². The van der Waals surface area contributed by atoms with E-state index in [9.17, 15) is 13.2 Å². The summed E-state index contributed by atoms with van der Waals surface area (Å²) >= 11 is 0. The van der Waals surface area contributed by atoms with Gasteiger partial charge in [-0.2, -0.15) is 0 Å². The molecule has 2 N–H and O–H groups in total. The second-order valence-corrected chi connectivity index (χ2v) is 6.74. The number of nitrogen functional groups attached to an aromatic ring is 1. The molecule has 0 fully saturated rings. The molecule has 0 saturated heterocycles. The van der Waals surface area contributed by atoms with Gasteiger partial charge in [-0.15, -0.1) is 0 Å². The van der Waals surface area contributed by atoms with Crippen molar-refractivity contribution in [3.8, 4) is 0 Å². The fourth-order valence-corrected chi connectivity index (χ4v) is 3.07. The minimum absolute atomic E-state index is 0.0712. The molecular formula is C13H20N2O4S. The van der Waals surface area contributed by atoms with Gasteiger partial charge >= 0.3 is 5.97 Å². The molecule has 1 aromatic carbocycles. The summed E-state index contributed by atoms with van der Waals surface area (Å²) in [7, 11) is -0.813. The van der Waals surface area contributed by atoms with Crippen LogP contribution < -0.4 is 5.73 Å². The first-order valence-corrected chi connectivity index (χ1v) is 7.74. The summed E-state index contributed by atoms with van der Waals surface area (Å²) < 4.78 is 30.2. The Hall–Kier alpha value is -1.60. The molecule has 0 saturated carbocycles. The first kappa shape index (κ1) is 16.5. The topological polar surface area (TPSA) is 89.7 Å². The highest BCUT2D eigenvalue weighted by Crippen LogP contribution is 2.17. The minimum Gasteiger partial charge on any atom is -0.469 e. The SMILES string of the molecule is COC(=O)C(C)CN(C)S(=O)(=O)Cc1ccccc1N. The highest BCUT2D eigenvalue weighted by atomic mass is 32.2. The summed E-state index contributed by atoms with van der Waals surface area (Å²) in [6.45, 7) is 1.69. The van der Waals surface area contributed by atoms with Gasteiger partial charge in [0.25, 0.3) is 0 Å². The molecule has 0 amide bonds. The number of carbonyl (C=O) groups is 1. The number of esters is 1. The number of methoxy groups -OCH3 is 1. The second kappa shape index (κ2) is 6.71. The Balaban J connectivity index is 2.79. The lowest BCUT2D eigenvalue weighted by atomic mass is 10.2. The average Bonchev–Trinajstić information content (AvgIpc) is 2.40. The third-order valence-electron chi connectivity index (χ3n) is 3.00. The van der Waals surface area contributed by atoms with Crippen LogP contribution in [0.15, 0.2) is 24.3 Å². The van der Waals surface area contributed by atoms with Crippen molar-refractivity contribution in [2.24, 2.45) is 5.92 Å². The Kier molecular flexibility index (Phi) is 5.52. The van der Waals surface area contributed by atoms with Crippen LogP contribution in [0.25, 0.3) is 0 Å². The molecule has 112 valence electrons. The van der Waals surface area contributed by atoms with E-state index in [1.165, 1.54) is 14.2 Å². The van der Waals surface area contributed by atoms with Gasteiger partial charge in [-0.1, -0.05) is 25.1 Å². The van der Waals surface area contributed by atoms with Crippen molar-refractivity contribution in [2.75, 3.05) is 26.4 Å². The van der Waals surface area contributed by atoms with E-state index < -0.39 is 21.9 Å². The summed E-state index contributed by atoms with van der Waals surface area (Å²) in [5.74, 6) is -1.15. The summed E-state index contributed by atoms with van der Waals surface area (Å²) in [6, 6.07) is 6.80. The third-order valence-corrected chi connectivity index (χ3v) is 4.78.